The smallest absolute Gasteiger partial charge is 0.244 e. The first-order chi connectivity index (χ1) is 15.6. The van der Waals surface area contributed by atoms with Crippen molar-refractivity contribution >= 4 is 34.6 Å². The third kappa shape index (κ3) is 4.54. The maximum Gasteiger partial charge on any atom is 0.244 e. The largest absolute Gasteiger partial charge is 0.497 e. The average molecular weight is 428 g/mol. The van der Waals surface area contributed by atoms with Crippen LogP contribution in [0.15, 0.2) is 77.8 Å². The van der Waals surface area contributed by atoms with Crippen LogP contribution in [0.5, 0.6) is 5.75 Å². The Kier molecular flexibility index (Phi) is 6.31. The minimum absolute atomic E-state index is 0.0840. The summed E-state index contributed by atoms with van der Waals surface area (Å²) in [6, 6.07) is 22.5. The lowest BCUT2D eigenvalue weighted by Crippen LogP contribution is -2.38. The zero-order valence-corrected chi connectivity index (χ0v) is 18.2. The predicted molar refractivity (Wildman–Crippen MR) is 127 cm³/mol. The van der Waals surface area contributed by atoms with Crippen LogP contribution >= 0.6 is 0 Å². The van der Waals surface area contributed by atoms with Crippen LogP contribution in [-0.4, -0.2) is 31.2 Å². The molecule has 3 aromatic carbocycles. The Morgan fingerprint density at radius 3 is 2.50 bits per heavy atom. The molecule has 0 aliphatic carbocycles. The second-order valence-electron chi connectivity index (χ2n) is 7.49. The summed E-state index contributed by atoms with van der Waals surface area (Å²) in [7, 11) is 1.61. The van der Waals surface area contributed by atoms with Gasteiger partial charge in [-0.05, 0) is 60.0 Å². The lowest BCUT2D eigenvalue weighted by molar-refractivity contribution is -0.120. The monoisotopic (exact) mass is 427 g/mol. The van der Waals surface area contributed by atoms with Crippen LogP contribution in [0.1, 0.15) is 24.5 Å². The number of aryl methyl sites for hydroxylation is 1. The molecule has 1 aliphatic rings. The third-order valence-electron chi connectivity index (χ3n) is 5.44. The molecule has 162 valence electrons. The van der Waals surface area contributed by atoms with Crippen molar-refractivity contribution in [1.82, 2.24) is 0 Å². The number of hydrogen-bond donors (Lipinski definition) is 1. The van der Waals surface area contributed by atoms with Gasteiger partial charge in [-0.3, -0.25) is 14.6 Å². The number of carbonyl (C=O) groups is 2. The lowest BCUT2D eigenvalue weighted by atomic mass is 10.1. The minimum Gasteiger partial charge on any atom is -0.497 e. The van der Waals surface area contributed by atoms with Crippen LogP contribution in [0, 0.1) is 0 Å². The number of hydrogen-bond acceptors (Lipinski definition) is 4. The average Bonchev–Trinajstić information content (AvgIpc) is 2.96. The van der Waals surface area contributed by atoms with Gasteiger partial charge < -0.3 is 15.0 Å². The number of rotatable bonds is 6. The molecule has 0 radical (unpaired) electrons. The van der Waals surface area contributed by atoms with Gasteiger partial charge in [-0.1, -0.05) is 37.3 Å². The van der Waals surface area contributed by atoms with E-state index in [4.69, 9.17) is 9.73 Å². The van der Waals surface area contributed by atoms with Crippen LogP contribution in [0.4, 0.5) is 17.1 Å². The van der Waals surface area contributed by atoms with E-state index >= 15 is 0 Å². The number of nitrogens with zero attached hydrogens (tertiary/aromatic N) is 2. The van der Waals surface area contributed by atoms with Crippen LogP contribution in [-0.2, 0) is 16.0 Å². The van der Waals surface area contributed by atoms with Gasteiger partial charge >= 0.3 is 0 Å². The molecule has 0 saturated heterocycles. The van der Waals surface area contributed by atoms with Gasteiger partial charge in [-0.15, -0.1) is 0 Å². The highest BCUT2D eigenvalue weighted by atomic mass is 16.5. The highest BCUT2D eigenvalue weighted by molar-refractivity contribution is 6.19. The molecular weight excluding hydrogens is 402 g/mol. The number of ether oxygens (including phenoxy) is 1. The predicted octanol–water partition coefficient (Wildman–Crippen LogP) is 4.75. The molecule has 6 nitrogen and oxygen atoms in total. The SMILES string of the molecule is CCc1ccccc1NC(=O)CN1C(=O)CC(c2ccc(OC)cc2)=Nc2ccccc21. The Balaban J connectivity index is 1.60. The normalized spacial score (nSPS) is 13.1. The van der Waals surface area contributed by atoms with E-state index in [0.717, 1.165) is 29.0 Å². The van der Waals surface area contributed by atoms with Crippen molar-refractivity contribution in [3.63, 3.8) is 0 Å². The lowest BCUT2D eigenvalue weighted by Gasteiger charge is -2.22. The van der Waals surface area contributed by atoms with Gasteiger partial charge in [-0.2, -0.15) is 0 Å². The van der Waals surface area contributed by atoms with Crippen LogP contribution in [0.3, 0.4) is 0 Å². The van der Waals surface area contributed by atoms with E-state index in [1.165, 1.54) is 4.90 Å². The second-order valence-corrected chi connectivity index (χ2v) is 7.49. The number of para-hydroxylation sites is 3. The molecule has 6 heteroatoms. The maximum absolute atomic E-state index is 13.2. The van der Waals surface area contributed by atoms with E-state index in [9.17, 15) is 9.59 Å². The van der Waals surface area contributed by atoms with Gasteiger partial charge in [0.15, 0.2) is 0 Å². The molecule has 1 heterocycles. The fourth-order valence-electron chi connectivity index (χ4n) is 3.75. The first-order valence-electron chi connectivity index (χ1n) is 10.6. The number of methoxy groups -OCH3 is 1. The number of aliphatic imine (C=N–C) groups is 1. The Labute approximate surface area is 187 Å². The molecule has 2 amide bonds. The van der Waals surface area contributed by atoms with Gasteiger partial charge in [-0.25, -0.2) is 0 Å². The van der Waals surface area contributed by atoms with Crippen molar-refractivity contribution in [2.75, 3.05) is 23.9 Å². The summed E-state index contributed by atoms with van der Waals surface area (Å²) in [6.45, 7) is 1.96. The Hall–Kier alpha value is -3.93. The number of carbonyl (C=O) groups excluding carboxylic acids is 2. The fourth-order valence-corrected chi connectivity index (χ4v) is 3.75. The van der Waals surface area contributed by atoms with E-state index in [0.29, 0.717) is 17.1 Å². The van der Waals surface area contributed by atoms with Crippen molar-refractivity contribution in [2.45, 2.75) is 19.8 Å². The Bertz CT molecular complexity index is 1170. The summed E-state index contributed by atoms with van der Waals surface area (Å²) in [5.41, 5.74) is 4.60. The summed E-state index contributed by atoms with van der Waals surface area (Å²) in [4.78, 5) is 32.4. The van der Waals surface area contributed by atoms with E-state index < -0.39 is 0 Å². The molecule has 1 aliphatic heterocycles. The standard InChI is InChI=1S/C26H25N3O3/c1-3-18-8-4-5-9-21(18)28-25(30)17-29-24-11-7-6-10-22(24)27-23(16-26(29)31)19-12-14-20(32-2)15-13-19/h4-15H,3,16-17H2,1-2H3,(H,28,30). The van der Waals surface area contributed by atoms with Gasteiger partial charge in [0.2, 0.25) is 11.8 Å². The first kappa shape index (κ1) is 21.3. The molecule has 0 atom stereocenters. The van der Waals surface area contributed by atoms with E-state index in [1.54, 1.807) is 7.11 Å². The van der Waals surface area contributed by atoms with Crippen molar-refractivity contribution in [2.24, 2.45) is 4.99 Å². The zero-order valence-electron chi connectivity index (χ0n) is 18.2. The van der Waals surface area contributed by atoms with Crippen molar-refractivity contribution < 1.29 is 14.3 Å². The second kappa shape index (κ2) is 9.47. The molecule has 0 spiro atoms. The number of nitrogens with one attached hydrogen (secondary N) is 1. The molecule has 1 N–H and O–H groups in total. The Morgan fingerprint density at radius 2 is 1.75 bits per heavy atom. The molecule has 0 bridgehead atoms. The number of benzene rings is 3. The van der Waals surface area contributed by atoms with Crippen molar-refractivity contribution in [1.29, 1.82) is 0 Å². The van der Waals surface area contributed by atoms with Gasteiger partial charge in [0, 0.05) is 5.69 Å². The Morgan fingerprint density at radius 1 is 1.03 bits per heavy atom. The highest BCUT2D eigenvalue weighted by Gasteiger charge is 2.26. The van der Waals surface area contributed by atoms with Crippen LogP contribution < -0.4 is 15.0 Å². The third-order valence-corrected chi connectivity index (χ3v) is 5.44. The van der Waals surface area contributed by atoms with Crippen LogP contribution in [0.25, 0.3) is 0 Å². The summed E-state index contributed by atoms with van der Waals surface area (Å²) < 4.78 is 5.23. The van der Waals surface area contributed by atoms with Crippen molar-refractivity contribution in [3.8, 4) is 5.75 Å². The molecule has 0 aromatic heterocycles. The number of amides is 2. The molecule has 0 saturated carbocycles. The molecule has 32 heavy (non-hydrogen) atoms. The number of anilines is 2. The highest BCUT2D eigenvalue weighted by Crippen LogP contribution is 2.33. The molecule has 0 fully saturated rings. The fraction of sp³-hybridized carbons (Fsp3) is 0.192. The summed E-state index contributed by atoms with van der Waals surface area (Å²) in [5, 5.41) is 2.95. The summed E-state index contributed by atoms with van der Waals surface area (Å²) in [5.74, 6) is 0.311. The minimum atomic E-state index is -0.248. The first-order valence-corrected chi connectivity index (χ1v) is 10.6. The van der Waals surface area contributed by atoms with E-state index in [-0.39, 0.29) is 24.8 Å². The zero-order chi connectivity index (χ0) is 22.5. The molecule has 0 unspecified atom stereocenters. The maximum atomic E-state index is 13.2. The van der Waals surface area contributed by atoms with E-state index in [2.05, 4.69) is 5.32 Å². The topological polar surface area (TPSA) is 71.0 Å². The molecular formula is C26H25N3O3. The van der Waals surface area contributed by atoms with Crippen molar-refractivity contribution in [3.05, 3.63) is 83.9 Å². The number of fused-ring (bicyclic) bond motifs is 1. The van der Waals surface area contributed by atoms with Gasteiger partial charge in [0.05, 0.1) is 30.6 Å². The quantitative estimate of drug-likeness (QED) is 0.617. The van der Waals surface area contributed by atoms with Gasteiger partial charge in [0.1, 0.15) is 12.3 Å². The molecule has 4 rings (SSSR count). The molecule has 3 aromatic rings. The van der Waals surface area contributed by atoms with Gasteiger partial charge in [0.25, 0.3) is 0 Å². The summed E-state index contributed by atoms with van der Waals surface area (Å²) in [6.07, 6.45) is 0.904. The van der Waals surface area contributed by atoms with E-state index in [1.807, 2.05) is 79.7 Å². The van der Waals surface area contributed by atoms with Crippen LogP contribution in [0.2, 0.25) is 0 Å². The summed E-state index contributed by atoms with van der Waals surface area (Å²) >= 11 is 0.